The van der Waals surface area contributed by atoms with Crippen LogP contribution in [0.15, 0.2) is 35.3 Å². The number of aromatic nitrogens is 1. The quantitative estimate of drug-likeness (QED) is 0.139. The number of amides is 1. The molecule has 6 atom stereocenters. The lowest BCUT2D eigenvalue weighted by atomic mass is 9.75. The van der Waals surface area contributed by atoms with Crippen molar-refractivity contribution in [1.82, 2.24) is 15.2 Å². The molecule has 2 N–H and O–H groups in total. The number of fused-ring (bicyclic) bond motifs is 1. The molecule has 5 rings (SSSR count). The third kappa shape index (κ3) is 9.10. The van der Waals surface area contributed by atoms with Crippen molar-refractivity contribution >= 4 is 29.0 Å². The second-order valence-corrected chi connectivity index (χ2v) is 16.9. The molecule has 3 aliphatic carbocycles. The number of allylic oxidation sites excluding steroid dienone is 1. The minimum absolute atomic E-state index is 0.00544. The molecule has 2 heterocycles. The third-order valence-electron chi connectivity index (χ3n) is 12.0. The Bertz CT molecular complexity index is 1500. The number of aromatic amines is 1. The Morgan fingerprint density at radius 2 is 1.68 bits per heavy atom. The number of Topliss-reactive ketones (excluding diaryl/α,β-unsaturated/α-hetero) is 4. The number of pyridine rings is 1. The summed E-state index contributed by atoms with van der Waals surface area (Å²) in [6.45, 7) is 12.9. The molecule has 0 aromatic carbocycles. The van der Waals surface area contributed by atoms with E-state index < -0.39 is 29.2 Å². The van der Waals surface area contributed by atoms with E-state index in [1.165, 1.54) is 6.07 Å². The number of H-pyrrole nitrogens is 1. The van der Waals surface area contributed by atoms with Crippen molar-refractivity contribution in [3.63, 3.8) is 0 Å². The Hall–Kier alpha value is -3.36. The van der Waals surface area contributed by atoms with Crippen LogP contribution in [-0.4, -0.2) is 57.6 Å². The van der Waals surface area contributed by atoms with Crippen LogP contribution in [0.3, 0.4) is 0 Å². The van der Waals surface area contributed by atoms with E-state index in [9.17, 15) is 28.8 Å². The van der Waals surface area contributed by atoms with Crippen molar-refractivity contribution in [1.29, 1.82) is 0 Å². The molecule has 4 aliphatic rings. The summed E-state index contributed by atoms with van der Waals surface area (Å²) in [7, 11) is 0. The first kappa shape index (κ1) is 37.9. The number of hydrogen-bond acceptors (Lipinski definition) is 7. The van der Waals surface area contributed by atoms with Gasteiger partial charge >= 0.3 is 0 Å². The van der Waals surface area contributed by atoms with E-state index >= 15 is 0 Å². The summed E-state index contributed by atoms with van der Waals surface area (Å²) in [5, 5.41) is 3.52. The maximum atomic E-state index is 14.8. The molecule has 0 radical (unpaired) electrons. The topological polar surface area (TPSA) is 133 Å². The zero-order chi connectivity index (χ0) is 36.2. The van der Waals surface area contributed by atoms with Crippen LogP contribution >= 0.6 is 0 Å². The summed E-state index contributed by atoms with van der Waals surface area (Å²) in [6, 6.07) is 3.28. The molecule has 0 unspecified atom stereocenters. The van der Waals surface area contributed by atoms with Crippen LogP contribution in [-0.2, 0) is 19.2 Å². The van der Waals surface area contributed by atoms with E-state index in [4.69, 9.17) is 0 Å². The number of hydrogen-bond donors (Lipinski definition) is 2. The molecule has 1 aromatic heterocycles. The molecule has 0 spiro atoms. The van der Waals surface area contributed by atoms with Crippen LogP contribution in [0, 0.1) is 40.9 Å². The fraction of sp³-hybridized carbons (Fsp3) is 0.707. The summed E-state index contributed by atoms with van der Waals surface area (Å²) in [4.78, 5) is 85.1. The smallest absolute Gasteiger partial charge is 0.248 e. The number of carbonyl (C=O) groups is 5. The zero-order valence-electron chi connectivity index (χ0n) is 30.8. The lowest BCUT2D eigenvalue weighted by Crippen LogP contribution is -2.56. The second-order valence-electron chi connectivity index (χ2n) is 16.9. The molecule has 3 saturated carbocycles. The van der Waals surface area contributed by atoms with E-state index in [0.29, 0.717) is 31.0 Å². The van der Waals surface area contributed by atoms with Gasteiger partial charge in [-0.25, -0.2) is 0 Å². The van der Waals surface area contributed by atoms with E-state index in [-0.39, 0.29) is 77.4 Å². The van der Waals surface area contributed by atoms with Gasteiger partial charge in [0.05, 0.1) is 11.7 Å². The van der Waals surface area contributed by atoms with Gasteiger partial charge in [-0.15, -0.1) is 0 Å². The Labute approximate surface area is 297 Å². The van der Waals surface area contributed by atoms with Crippen LogP contribution < -0.4 is 10.9 Å². The average molecular weight is 690 g/mol. The van der Waals surface area contributed by atoms with Gasteiger partial charge in [-0.2, -0.15) is 0 Å². The van der Waals surface area contributed by atoms with Crippen LogP contribution in [0.4, 0.5) is 0 Å². The monoisotopic (exact) mass is 689 g/mol. The third-order valence-corrected chi connectivity index (χ3v) is 12.0. The SMILES string of the molecule is C=C(N[C@H](C(=O)N1C[C@@H]2CCC[C@@H]2[C@H]1C(=O)C[C@@H](CCC)C(=O)C(=O)CC1CC1)C(C)(C)C)[C@@H](CC(=O)c1cccc(=O)[nH]1)C1CCCCC1. The first-order valence-electron chi connectivity index (χ1n) is 19.4. The summed E-state index contributed by atoms with van der Waals surface area (Å²) >= 11 is 0. The van der Waals surface area contributed by atoms with Crippen LogP contribution in [0.5, 0.6) is 0 Å². The van der Waals surface area contributed by atoms with Crippen LogP contribution in [0.2, 0.25) is 0 Å². The van der Waals surface area contributed by atoms with Crippen LogP contribution in [0.25, 0.3) is 0 Å². The summed E-state index contributed by atoms with van der Waals surface area (Å²) in [5.74, 6) is -1.25. The highest BCUT2D eigenvalue weighted by Gasteiger charge is 2.52. The lowest BCUT2D eigenvalue weighted by molar-refractivity contribution is -0.144. The Balaban J connectivity index is 1.36. The molecule has 9 heteroatoms. The Morgan fingerprint density at radius 3 is 2.32 bits per heavy atom. The molecular weight excluding hydrogens is 630 g/mol. The minimum atomic E-state index is -0.699. The molecule has 1 saturated heterocycles. The number of ketones is 4. The van der Waals surface area contributed by atoms with Gasteiger partial charge in [0.15, 0.2) is 17.3 Å². The number of nitrogens with zero attached hydrogens (tertiary/aromatic N) is 1. The van der Waals surface area contributed by atoms with Gasteiger partial charge in [0.2, 0.25) is 17.2 Å². The summed E-state index contributed by atoms with van der Waals surface area (Å²) in [6.07, 6.45) is 11.7. The summed E-state index contributed by atoms with van der Waals surface area (Å²) in [5.41, 5.74) is 0.0400. The number of carbonyl (C=O) groups excluding carboxylic acids is 5. The molecule has 1 amide bonds. The molecule has 4 fully saturated rings. The second kappa shape index (κ2) is 16.3. The van der Waals surface area contributed by atoms with E-state index in [1.54, 1.807) is 17.0 Å². The molecule has 9 nitrogen and oxygen atoms in total. The fourth-order valence-corrected chi connectivity index (χ4v) is 9.03. The van der Waals surface area contributed by atoms with Crippen molar-refractivity contribution in [2.75, 3.05) is 6.54 Å². The van der Waals surface area contributed by atoms with Gasteiger partial charge in [-0.05, 0) is 80.1 Å². The molecular formula is C41H59N3O6. The average Bonchev–Trinajstić information content (AvgIpc) is 3.65. The van der Waals surface area contributed by atoms with E-state index in [0.717, 1.165) is 64.2 Å². The zero-order valence-corrected chi connectivity index (χ0v) is 30.8. The predicted octanol–water partition coefficient (Wildman–Crippen LogP) is 6.60. The van der Waals surface area contributed by atoms with Gasteiger partial charge in [0.1, 0.15) is 6.04 Å². The Morgan fingerprint density at radius 1 is 0.960 bits per heavy atom. The minimum Gasteiger partial charge on any atom is -0.377 e. The highest BCUT2D eigenvalue weighted by atomic mass is 16.2. The largest absolute Gasteiger partial charge is 0.377 e. The Kier molecular flexibility index (Phi) is 12.4. The fourth-order valence-electron chi connectivity index (χ4n) is 9.03. The first-order valence-corrected chi connectivity index (χ1v) is 19.4. The first-order chi connectivity index (χ1) is 23.8. The molecule has 50 heavy (non-hydrogen) atoms. The summed E-state index contributed by atoms with van der Waals surface area (Å²) < 4.78 is 0. The van der Waals surface area contributed by atoms with Crippen molar-refractivity contribution in [2.24, 2.45) is 40.9 Å². The van der Waals surface area contributed by atoms with Crippen molar-refractivity contribution in [2.45, 2.75) is 136 Å². The highest BCUT2D eigenvalue weighted by molar-refractivity contribution is 6.38. The van der Waals surface area contributed by atoms with Gasteiger partial charge in [0, 0.05) is 49.4 Å². The molecule has 0 bridgehead atoms. The van der Waals surface area contributed by atoms with E-state index in [2.05, 4.69) is 16.9 Å². The normalized spacial score (nSPS) is 24.2. The lowest BCUT2D eigenvalue weighted by Gasteiger charge is -2.40. The molecule has 1 aromatic rings. The number of nitrogens with one attached hydrogen (secondary N) is 2. The standard InChI is InChI=1S/C41H59N3O6/c1-6-12-28(38(49)35(47)21-26-19-20-26)22-34(46)37-30-16-10-15-29(30)24-44(37)40(50)39(41(3,4)5)42-25(2)31(27-13-8-7-9-14-27)23-33(45)32-17-11-18-36(48)43-32/h11,17-18,26-31,37,39,42H,2,6-10,12-16,19-24H2,1,3-5H3,(H,43,48)/t28-,29+,30+,31-,37+,39-/m1/s1. The van der Waals surface area contributed by atoms with Gasteiger partial charge in [-0.3, -0.25) is 28.8 Å². The maximum absolute atomic E-state index is 14.8. The number of likely N-dealkylation sites (tertiary alicyclic amines) is 1. The van der Waals surface area contributed by atoms with Gasteiger partial charge in [0.25, 0.3) is 0 Å². The van der Waals surface area contributed by atoms with Crippen LogP contribution in [0.1, 0.15) is 134 Å². The van der Waals surface area contributed by atoms with Crippen molar-refractivity contribution in [3.8, 4) is 0 Å². The maximum Gasteiger partial charge on any atom is 0.248 e. The molecule has 1 aliphatic heterocycles. The van der Waals surface area contributed by atoms with Crippen molar-refractivity contribution in [3.05, 3.63) is 46.5 Å². The number of rotatable bonds is 17. The van der Waals surface area contributed by atoms with Gasteiger partial charge < -0.3 is 15.2 Å². The predicted molar refractivity (Wildman–Crippen MR) is 193 cm³/mol. The van der Waals surface area contributed by atoms with Gasteiger partial charge in [-0.1, -0.05) is 72.4 Å². The van der Waals surface area contributed by atoms with E-state index in [1.807, 2.05) is 27.7 Å². The highest BCUT2D eigenvalue weighted by Crippen LogP contribution is 2.44. The molecule has 274 valence electrons. The van der Waals surface area contributed by atoms with Crippen molar-refractivity contribution < 1.29 is 24.0 Å².